The topological polar surface area (TPSA) is 66.5 Å². The van der Waals surface area contributed by atoms with Gasteiger partial charge >= 0.3 is 0 Å². The summed E-state index contributed by atoms with van der Waals surface area (Å²) in [5.74, 6) is 0.209. The number of hydrogen-bond acceptors (Lipinski definition) is 3. The van der Waals surface area contributed by atoms with Crippen LogP contribution in [0.25, 0.3) is 10.8 Å². The van der Waals surface area contributed by atoms with Crippen molar-refractivity contribution in [2.75, 3.05) is 10.8 Å². The number of anilines is 1. The molecule has 5 nitrogen and oxygen atoms in total. The van der Waals surface area contributed by atoms with Crippen molar-refractivity contribution in [3.63, 3.8) is 0 Å². The summed E-state index contributed by atoms with van der Waals surface area (Å²) in [4.78, 5) is 12.8. The van der Waals surface area contributed by atoms with Crippen LogP contribution in [0.5, 0.6) is 0 Å². The molecule has 2 atom stereocenters. The van der Waals surface area contributed by atoms with E-state index in [4.69, 9.17) is 0 Å². The van der Waals surface area contributed by atoms with Gasteiger partial charge in [-0.1, -0.05) is 44.0 Å². The van der Waals surface area contributed by atoms with E-state index in [9.17, 15) is 13.2 Å². The zero-order valence-electron chi connectivity index (χ0n) is 14.2. The molecule has 0 spiro atoms. The molecule has 1 amide bonds. The minimum Gasteiger partial charge on any atom is -0.352 e. The van der Waals surface area contributed by atoms with Gasteiger partial charge in [0.15, 0.2) is 0 Å². The minimum atomic E-state index is -3.68. The van der Waals surface area contributed by atoms with Crippen molar-refractivity contribution < 1.29 is 13.2 Å². The van der Waals surface area contributed by atoms with Gasteiger partial charge in [0, 0.05) is 11.4 Å². The molecule has 1 aliphatic carbocycles. The fourth-order valence-corrected chi connectivity index (χ4v) is 5.71. The smallest absolute Gasteiger partial charge is 0.265 e. The van der Waals surface area contributed by atoms with E-state index >= 15 is 0 Å². The van der Waals surface area contributed by atoms with Gasteiger partial charge in [-0.25, -0.2) is 8.42 Å². The van der Waals surface area contributed by atoms with E-state index in [-0.39, 0.29) is 18.5 Å². The fraction of sp³-hybridized carbons (Fsp3) is 0.421. The predicted octanol–water partition coefficient (Wildman–Crippen LogP) is 3.04. The third kappa shape index (κ3) is 2.68. The maximum Gasteiger partial charge on any atom is 0.265 e. The Morgan fingerprint density at radius 2 is 1.88 bits per heavy atom. The van der Waals surface area contributed by atoms with E-state index < -0.39 is 10.0 Å². The lowest BCUT2D eigenvalue weighted by atomic mass is 9.86. The SMILES string of the molecule is C[C@H]1CCCC[C@@H]1NC(=O)CN1c2cccc3cccc(c23)S1(=O)=O. The van der Waals surface area contributed by atoms with E-state index in [1.54, 1.807) is 18.2 Å². The van der Waals surface area contributed by atoms with E-state index in [1.807, 2.05) is 18.2 Å². The second kappa shape index (κ2) is 6.02. The first kappa shape index (κ1) is 16.4. The van der Waals surface area contributed by atoms with E-state index in [0.29, 0.717) is 21.9 Å². The third-order valence-electron chi connectivity index (χ3n) is 5.43. The summed E-state index contributed by atoms with van der Waals surface area (Å²) in [5.41, 5.74) is 0.597. The average molecular weight is 358 g/mol. The summed E-state index contributed by atoms with van der Waals surface area (Å²) in [5, 5.41) is 4.64. The summed E-state index contributed by atoms with van der Waals surface area (Å²) >= 11 is 0. The zero-order chi connectivity index (χ0) is 17.6. The molecule has 0 saturated heterocycles. The van der Waals surface area contributed by atoms with Gasteiger partial charge in [0.05, 0.1) is 10.6 Å². The van der Waals surface area contributed by atoms with Gasteiger partial charge in [-0.2, -0.15) is 0 Å². The number of amides is 1. The maximum atomic E-state index is 12.9. The molecule has 2 aromatic carbocycles. The average Bonchev–Trinajstić information content (AvgIpc) is 2.81. The predicted molar refractivity (Wildman–Crippen MR) is 98.0 cm³/mol. The van der Waals surface area contributed by atoms with Crippen LogP contribution in [-0.4, -0.2) is 26.9 Å². The Morgan fingerprint density at radius 3 is 2.64 bits per heavy atom. The van der Waals surface area contributed by atoms with Gasteiger partial charge < -0.3 is 5.32 Å². The van der Waals surface area contributed by atoms with Crippen LogP contribution in [0, 0.1) is 5.92 Å². The lowest BCUT2D eigenvalue weighted by Gasteiger charge is -2.30. The van der Waals surface area contributed by atoms with Crippen molar-refractivity contribution in [3.05, 3.63) is 36.4 Å². The lowest BCUT2D eigenvalue weighted by molar-refractivity contribution is -0.120. The highest BCUT2D eigenvalue weighted by molar-refractivity contribution is 7.93. The number of rotatable bonds is 3. The monoisotopic (exact) mass is 358 g/mol. The van der Waals surface area contributed by atoms with Crippen LogP contribution in [-0.2, 0) is 14.8 Å². The van der Waals surface area contributed by atoms with Crippen LogP contribution >= 0.6 is 0 Å². The highest BCUT2D eigenvalue weighted by Crippen LogP contribution is 2.41. The van der Waals surface area contributed by atoms with Crippen molar-refractivity contribution in [3.8, 4) is 0 Å². The Morgan fingerprint density at radius 1 is 1.16 bits per heavy atom. The molecule has 6 heteroatoms. The van der Waals surface area contributed by atoms with Crippen molar-refractivity contribution in [1.82, 2.24) is 5.32 Å². The molecule has 2 aromatic rings. The van der Waals surface area contributed by atoms with Crippen molar-refractivity contribution in [2.24, 2.45) is 5.92 Å². The molecule has 1 N–H and O–H groups in total. The molecule has 0 aromatic heterocycles. The number of sulfonamides is 1. The molecule has 1 heterocycles. The Hall–Kier alpha value is -2.08. The van der Waals surface area contributed by atoms with Crippen LogP contribution in [0.4, 0.5) is 5.69 Å². The normalized spacial score (nSPS) is 24.4. The number of nitrogens with zero attached hydrogens (tertiary/aromatic N) is 1. The minimum absolute atomic E-state index is 0.143. The molecule has 25 heavy (non-hydrogen) atoms. The molecule has 2 aliphatic rings. The van der Waals surface area contributed by atoms with Gasteiger partial charge in [0.2, 0.25) is 5.91 Å². The summed E-state index contributed by atoms with van der Waals surface area (Å²) < 4.78 is 27.0. The second-order valence-corrected chi connectivity index (χ2v) is 8.91. The molecule has 132 valence electrons. The fourth-order valence-electron chi connectivity index (χ4n) is 4.04. The van der Waals surface area contributed by atoms with Crippen LogP contribution in [0.15, 0.2) is 41.3 Å². The van der Waals surface area contributed by atoms with Crippen LogP contribution in [0.1, 0.15) is 32.6 Å². The first-order chi connectivity index (χ1) is 12.0. The molecule has 1 fully saturated rings. The van der Waals surface area contributed by atoms with Crippen molar-refractivity contribution in [1.29, 1.82) is 0 Å². The molecular formula is C19H22N2O3S. The van der Waals surface area contributed by atoms with Gasteiger partial charge in [0.1, 0.15) is 6.54 Å². The molecule has 1 aliphatic heterocycles. The van der Waals surface area contributed by atoms with Gasteiger partial charge in [0.25, 0.3) is 10.0 Å². The molecule has 1 saturated carbocycles. The second-order valence-electron chi connectivity index (χ2n) is 7.08. The van der Waals surface area contributed by atoms with Crippen LogP contribution in [0.2, 0.25) is 0 Å². The molecule has 0 bridgehead atoms. The van der Waals surface area contributed by atoms with E-state index in [2.05, 4.69) is 12.2 Å². The molecule has 0 unspecified atom stereocenters. The standard InChI is InChI=1S/C19H22N2O3S/c1-13-6-2-3-9-15(13)20-18(22)12-21-16-10-4-7-14-8-5-11-17(19(14)16)25(21,23)24/h4-5,7-8,10-11,13,15H,2-3,6,9,12H2,1H3,(H,20,22)/t13-,15-/m0/s1. The van der Waals surface area contributed by atoms with E-state index in [0.717, 1.165) is 24.6 Å². The van der Waals surface area contributed by atoms with Gasteiger partial charge in [-0.15, -0.1) is 0 Å². The Balaban J connectivity index is 1.61. The number of nitrogens with one attached hydrogen (secondary N) is 1. The highest BCUT2D eigenvalue weighted by atomic mass is 32.2. The van der Waals surface area contributed by atoms with Crippen LogP contribution in [0.3, 0.4) is 0 Å². The summed E-state index contributed by atoms with van der Waals surface area (Å²) in [6.45, 7) is 1.98. The lowest BCUT2D eigenvalue weighted by Crippen LogP contribution is -2.46. The largest absolute Gasteiger partial charge is 0.352 e. The Kier molecular flexibility index (Phi) is 3.95. The summed E-state index contributed by atoms with van der Waals surface area (Å²) in [6, 6.07) is 10.9. The van der Waals surface area contributed by atoms with Crippen molar-refractivity contribution in [2.45, 2.75) is 43.5 Å². The van der Waals surface area contributed by atoms with Gasteiger partial charge in [-0.05, 0) is 36.3 Å². The molecular weight excluding hydrogens is 336 g/mol. The highest BCUT2D eigenvalue weighted by Gasteiger charge is 2.37. The number of carbonyl (C=O) groups excluding carboxylic acids is 1. The Labute approximate surface area is 148 Å². The van der Waals surface area contributed by atoms with Gasteiger partial charge in [-0.3, -0.25) is 9.10 Å². The number of benzene rings is 2. The molecule has 0 radical (unpaired) electrons. The summed E-state index contributed by atoms with van der Waals surface area (Å²) in [6.07, 6.45) is 4.39. The zero-order valence-corrected chi connectivity index (χ0v) is 15.1. The first-order valence-electron chi connectivity index (χ1n) is 8.82. The quantitative estimate of drug-likeness (QED) is 0.917. The number of hydrogen-bond donors (Lipinski definition) is 1. The molecule has 4 rings (SSSR count). The maximum absolute atomic E-state index is 12.9. The Bertz CT molecular complexity index is 934. The number of carbonyl (C=O) groups is 1. The summed E-state index contributed by atoms with van der Waals surface area (Å²) in [7, 11) is -3.68. The van der Waals surface area contributed by atoms with Crippen LogP contribution < -0.4 is 9.62 Å². The first-order valence-corrected chi connectivity index (χ1v) is 10.3. The van der Waals surface area contributed by atoms with Crippen molar-refractivity contribution >= 4 is 32.4 Å². The third-order valence-corrected chi connectivity index (χ3v) is 7.23. The van der Waals surface area contributed by atoms with E-state index in [1.165, 1.54) is 10.7 Å².